The minimum Gasteiger partial charge on any atom is -0.491 e. The summed E-state index contributed by atoms with van der Waals surface area (Å²) in [5.74, 6) is 0.474. The first-order chi connectivity index (χ1) is 11.2. The van der Waals surface area contributed by atoms with E-state index in [1.807, 2.05) is 45.0 Å². The van der Waals surface area contributed by atoms with Crippen LogP contribution in [0.1, 0.15) is 62.3 Å². The normalized spacial score (nSPS) is 13.0. The lowest BCUT2D eigenvalue weighted by Crippen LogP contribution is -2.34. The average molecular weight is 331 g/mol. The summed E-state index contributed by atoms with van der Waals surface area (Å²) in [7, 11) is 0. The largest absolute Gasteiger partial charge is 0.491 e. The van der Waals surface area contributed by atoms with Crippen molar-refractivity contribution in [2.45, 2.75) is 52.3 Å². The van der Waals surface area contributed by atoms with Crippen molar-refractivity contribution in [2.75, 3.05) is 0 Å². The molecule has 1 unspecified atom stereocenters. The Bertz CT molecular complexity index is 702. The minimum absolute atomic E-state index is 0.0526. The molecule has 2 aromatic rings. The first-order valence-electron chi connectivity index (χ1n) is 8.00. The molecule has 24 heavy (non-hydrogen) atoms. The fourth-order valence-electron chi connectivity index (χ4n) is 2.41. The molecule has 0 radical (unpaired) electrons. The quantitative estimate of drug-likeness (QED) is 0.848. The van der Waals surface area contributed by atoms with E-state index in [0.29, 0.717) is 11.3 Å². The van der Waals surface area contributed by atoms with Crippen molar-refractivity contribution >= 4 is 5.91 Å². The number of carbonyl (C=O) groups is 1. The van der Waals surface area contributed by atoms with Crippen LogP contribution in [0.3, 0.4) is 0 Å². The van der Waals surface area contributed by atoms with Gasteiger partial charge in [0.1, 0.15) is 23.3 Å². The predicted molar refractivity (Wildman–Crippen MR) is 91.8 cm³/mol. The SMILES string of the molecule is CC(C)Oc1ccccc1C(C)NC(=O)c1conc1C(C)(C)N. The molecule has 0 aliphatic carbocycles. The smallest absolute Gasteiger partial charge is 0.257 e. The Kier molecular flexibility index (Phi) is 5.29. The molecule has 1 heterocycles. The van der Waals surface area contributed by atoms with Crippen LogP contribution in [0.15, 0.2) is 35.1 Å². The van der Waals surface area contributed by atoms with Gasteiger partial charge in [-0.25, -0.2) is 0 Å². The van der Waals surface area contributed by atoms with E-state index in [4.69, 9.17) is 15.0 Å². The molecule has 6 heteroatoms. The van der Waals surface area contributed by atoms with Gasteiger partial charge in [0.2, 0.25) is 0 Å². The lowest BCUT2D eigenvalue weighted by Gasteiger charge is -2.21. The van der Waals surface area contributed by atoms with Crippen LogP contribution in [0.4, 0.5) is 0 Å². The molecule has 0 saturated carbocycles. The maximum absolute atomic E-state index is 12.6. The van der Waals surface area contributed by atoms with Gasteiger partial charge in [-0.15, -0.1) is 0 Å². The highest BCUT2D eigenvalue weighted by molar-refractivity contribution is 5.95. The van der Waals surface area contributed by atoms with Crippen molar-refractivity contribution in [3.8, 4) is 5.75 Å². The van der Waals surface area contributed by atoms with E-state index in [-0.39, 0.29) is 18.1 Å². The number of nitrogens with one attached hydrogen (secondary N) is 1. The van der Waals surface area contributed by atoms with Gasteiger partial charge < -0.3 is 20.3 Å². The van der Waals surface area contributed by atoms with Gasteiger partial charge in [0.25, 0.3) is 5.91 Å². The summed E-state index contributed by atoms with van der Waals surface area (Å²) in [6.07, 6.45) is 1.37. The van der Waals surface area contributed by atoms with Crippen molar-refractivity contribution in [2.24, 2.45) is 5.73 Å². The second-order valence-electron chi connectivity index (χ2n) is 6.70. The Morgan fingerprint density at radius 1 is 1.29 bits per heavy atom. The first kappa shape index (κ1) is 18.0. The maximum atomic E-state index is 12.6. The van der Waals surface area contributed by atoms with Crippen molar-refractivity contribution < 1.29 is 14.1 Å². The van der Waals surface area contributed by atoms with Crippen molar-refractivity contribution in [1.82, 2.24) is 10.5 Å². The highest BCUT2D eigenvalue weighted by atomic mass is 16.5. The lowest BCUT2D eigenvalue weighted by molar-refractivity contribution is 0.0936. The third-order valence-electron chi connectivity index (χ3n) is 3.52. The summed E-state index contributed by atoms with van der Waals surface area (Å²) < 4.78 is 10.8. The van der Waals surface area contributed by atoms with Crippen LogP contribution in [-0.2, 0) is 5.54 Å². The number of rotatable bonds is 6. The molecular formula is C18H25N3O3. The van der Waals surface area contributed by atoms with Crippen LogP contribution in [0.5, 0.6) is 5.75 Å². The van der Waals surface area contributed by atoms with E-state index in [9.17, 15) is 4.79 Å². The second kappa shape index (κ2) is 7.05. The van der Waals surface area contributed by atoms with Gasteiger partial charge in [-0.2, -0.15) is 0 Å². The molecule has 130 valence electrons. The molecule has 0 saturated heterocycles. The summed E-state index contributed by atoms with van der Waals surface area (Å²) in [5, 5.41) is 6.81. The zero-order chi connectivity index (χ0) is 17.9. The number of ether oxygens (including phenoxy) is 1. The third-order valence-corrected chi connectivity index (χ3v) is 3.52. The van der Waals surface area contributed by atoms with E-state index in [2.05, 4.69) is 10.5 Å². The van der Waals surface area contributed by atoms with Gasteiger partial charge in [-0.3, -0.25) is 4.79 Å². The number of benzene rings is 1. The highest BCUT2D eigenvalue weighted by Gasteiger charge is 2.27. The van der Waals surface area contributed by atoms with Gasteiger partial charge in [-0.05, 0) is 40.7 Å². The van der Waals surface area contributed by atoms with Crippen LogP contribution in [0.2, 0.25) is 0 Å². The molecule has 1 amide bonds. The molecular weight excluding hydrogens is 306 g/mol. The van der Waals surface area contributed by atoms with E-state index < -0.39 is 5.54 Å². The molecule has 1 aromatic carbocycles. The number of carbonyl (C=O) groups excluding carboxylic acids is 1. The molecule has 0 aliphatic heterocycles. The lowest BCUT2D eigenvalue weighted by atomic mass is 9.98. The standard InChI is InChI=1S/C18H25N3O3/c1-11(2)24-15-9-7-6-8-13(15)12(3)20-17(22)14-10-23-21-16(14)18(4,5)19/h6-12H,19H2,1-5H3,(H,20,22). The van der Waals surface area contributed by atoms with E-state index >= 15 is 0 Å². The molecule has 2 rings (SSSR count). The van der Waals surface area contributed by atoms with Crippen LogP contribution in [-0.4, -0.2) is 17.2 Å². The summed E-state index contributed by atoms with van der Waals surface area (Å²) in [4.78, 5) is 12.6. The van der Waals surface area contributed by atoms with Crippen LogP contribution in [0, 0.1) is 0 Å². The van der Waals surface area contributed by atoms with Gasteiger partial charge in [-0.1, -0.05) is 23.4 Å². The number of nitrogens with zero attached hydrogens (tertiary/aromatic N) is 1. The topological polar surface area (TPSA) is 90.4 Å². The molecule has 6 nitrogen and oxygen atoms in total. The minimum atomic E-state index is -0.762. The molecule has 1 atom stereocenters. The number of amides is 1. The molecule has 0 bridgehead atoms. The Hall–Kier alpha value is -2.34. The third kappa shape index (κ3) is 4.14. The Morgan fingerprint density at radius 3 is 2.58 bits per heavy atom. The Labute approximate surface area is 142 Å². The summed E-state index contributed by atoms with van der Waals surface area (Å²) in [6, 6.07) is 7.41. The maximum Gasteiger partial charge on any atom is 0.257 e. The Morgan fingerprint density at radius 2 is 1.96 bits per heavy atom. The summed E-state index contributed by atoms with van der Waals surface area (Å²) in [5.41, 5.74) is 6.96. The van der Waals surface area contributed by atoms with Crippen LogP contribution >= 0.6 is 0 Å². The highest BCUT2D eigenvalue weighted by Crippen LogP contribution is 2.27. The van der Waals surface area contributed by atoms with E-state index in [1.54, 1.807) is 13.8 Å². The van der Waals surface area contributed by atoms with Crippen molar-refractivity contribution in [3.05, 3.63) is 47.3 Å². The zero-order valence-electron chi connectivity index (χ0n) is 14.8. The van der Waals surface area contributed by atoms with Gasteiger partial charge in [0.05, 0.1) is 17.7 Å². The van der Waals surface area contributed by atoms with Gasteiger partial charge >= 0.3 is 0 Å². The predicted octanol–water partition coefficient (Wildman–Crippen LogP) is 3.15. The first-order valence-corrected chi connectivity index (χ1v) is 8.00. The number of para-hydroxylation sites is 1. The van der Waals surface area contributed by atoms with E-state index in [0.717, 1.165) is 11.3 Å². The van der Waals surface area contributed by atoms with Crippen LogP contribution < -0.4 is 15.8 Å². The fourth-order valence-corrected chi connectivity index (χ4v) is 2.41. The second-order valence-corrected chi connectivity index (χ2v) is 6.70. The molecule has 0 spiro atoms. The summed E-state index contributed by atoms with van der Waals surface area (Å²) >= 11 is 0. The molecule has 0 fully saturated rings. The molecule has 1 aromatic heterocycles. The van der Waals surface area contributed by atoms with Crippen molar-refractivity contribution in [3.63, 3.8) is 0 Å². The summed E-state index contributed by atoms with van der Waals surface area (Å²) in [6.45, 7) is 9.38. The average Bonchev–Trinajstić information content (AvgIpc) is 2.96. The van der Waals surface area contributed by atoms with Crippen LogP contribution in [0.25, 0.3) is 0 Å². The number of nitrogens with two attached hydrogens (primary N) is 1. The van der Waals surface area contributed by atoms with Crippen molar-refractivity contribution in [1.29, 1.82) is 0 Å². The number of aromatic nitrogens is 1. The molecule has 0 aliphatic rings. The zero-order valence-corrected chi connectivity index (χ0v) is 14.8. The number of hydrogen-bond acceptors (Lipinski definition) is 5. The molecule has 3 N–H and O–H groups in total. The number of hydrogen-bond donors (Lipinski definition) is 2. The Balaban J connectivity index is 2.20. The monoisotopic (exact) mass is 331 g/mol. The van der Waals surface area contributed by atoms with Gasteiger partial charge in [0.15, 0.2) is 0 Å². The van der Waals surface area contributed by atoms with Gasteiger partial charge in [0, 0.05) is 5.56 Å². The van der Waals surface area contributed by atoms with E-state index in [1.165, 1.54) is 6.26 Å². The fraction of sp³-hybridized carbons (Fsp3) is 0.444.